The molecule has 2 N–H and O–H groups in total. The van der Waals surface area contributed by atoms with Crippen LogP contribution in [0.25, 0.3) is 5.76 Å². The van der Waals surface area contributed by atoms with E-state index >= 15 is 0 Å². The molecule has 8 nitrogen and oxygen atoms in total. The summed E-state index contributed by atoms with van der Waals surface area (Å²) in [6.45, 7) is 5.07. The van der Waals surface area contributed by atoms with E-state index in [2.05, 4.69) is 6.92 Å². The standard InChI is InChI=1S/C26H31NO7/c1-4-6-13-34-19-9-7-8-18(15-19)24(29)22-23(27(12-14-32-3)26(31)25(22)30)17-10-11-20(28)21(16-17)33-5-2/h7-11,15-16,23,28-29H,4-6,12-14H2,1-3H3/b24-22+. The minimum Gasteiger partial charge on any atom is -0.507 e. The van der Waals surface area contributed by atoms with Crippen molar-refractivity contribution in [2.75, 3.05) is 33.5 Å². The molecule has 8 heteroatoms. The van der Waals surface area contributed by atoms with Gasteiger partial charge in [-0.25, -0.2) is 0 Å². The minimum atomic E-state index is -0.875. The van der Waals surface area contributed by atoms with Crippen LogP contribution in [0.15, 0.2) is 48.0 Å². The molecule has 1 fully saturated rings. The van der Waals surface area contributed by atoms with Gasteiger partial charge in [0.05, 0.1) is 31.4 Å². The molecule has 1 heterocycles. The number of benzene rings is 2. The Balaban J connectivity index is 2.10. The number of ether oxygens (including phenoxy) is 3. The molecule has 1 unspecified atom stereocenters. The van der Waals surface area contributed by atoms with Crippen molar-refractivity contribution in [2.45, 2.75) is 32.7 Å². The molecule has 0 saturated carbocycles. The van der Waals surface area contributed by atoms with Crippen molar-refractivity contribution in [3.63, 3.8) is 0 Å². The number of ketones is 1. The highest BCUT2D eigenvalue weighted by molar-refractivity contribution is 6.46. The van der Waals surface area contributed by atoms with Gasteiger partial charge >= 0.3 is 0 Å². The lowest BCUT2D eigenvalue weighted by atomic mass is 9.95. The predicted molar refractivity (Wildman–Crippen MR) is 127 cm³/mol. The van der Waals surface area contributed by atoms with Gasteiger partial charge in [0, 0.05) is 19.2 Å². The summed E-state index contributed by atoms with van der Waals surface area (Å²) < 4.78 is 16.4. The van der Waals surface area contributed by atoms with Gasteiger partial charge in [-0.15, -0.1) is 0 Å². The Morgan fingerprint density at radius 3 is 2.56 bits per heavy atom. The molecule has 34 heavy (non-hydrogen) atoms. The first-order valence-corrected chi connectivity index (χ1v) is 11.4. The average molecular weight is 470 g/mol. The summed E-state index contributed by atoms with van der Waals surface area (Å²) in [4.78, 5) is 27.4. The zero-order valence-electron chi connectivity index (χ0n) is 19.7. The average Bonchev–Trinajstić information content (AvgIpc) is 3.09. The Hall–Kier alpha value is -3.52. The summed E-state index contributed by atoms with van der Waals surface area (Å²) in [6, 6.07) is 10.5. The molecule has 2 aromatic carbocycles. The number of aromatic hydroxyl groups is 1. The molecule has 0 aliphatic carbocycles. The van der Waals surface area contributed by atoms with Crippen LogP contribution in [-0.4, -0.2) is 60.3 Å². The largest absolute Gasteiger partial charge is 0.507 e. The lowest BCUT2D eigenvalue weighted by molar-refractivity contribution is -0.140. The molecule has 0 aromatic heterocycles. The van der Waals surface area contributed by atoms with E-state index in [0.717, 1.165) is 12.8 Å². The number of rotatable bonds is 11. The van der Waals surface area contributed by atoms with Crippen LogP contribution >= 0.6 is 0 Å². The summed E-state index contributed by atoms with van der Waals surface area (Å²) in [5.41, 5.74) is 0.848. The Labute approximate surface area is 199 Å². The van der Waals surface area contributed by atoms with Crippen LogP contribution in [0.1, 0.15) is 43.9 Å². The quantitative estimate of drug-likeness (QED) is 0.221. The van der Waals surface area contributed by atoms with Crippen molar-refractivity contribution in [2.24, 2.45) is 0 Å². The minimum absolute atomic E-state index is 0.0417. The summed E-state index contributed by atoms with van der Waals surface area (Å²) in [5, 5.41) is 21.3. The Bertz CT molecular complexity index is 1060. The van der Waals surface area contributed by atoms with Crippen molar-refractivity contribution in [3.8, 4) is 17.2 Å². The second-order valence-corrected chi connectivity index (χ2v) is 7.88. The summed E-state index contributed by atoms with van der Waals surface area (Å²) in [7, 11) is 1.50. The van der Waals surface area contributed by atoms with Crippen molar-refractivity contribution < 1.29 is 34.0 Å². The third-order valence-corrected chi connectivity index (χ3v) is 5.55. The number of unbranched alkanes of at least 4 members (excludes halogenated alkanes) is 1. The molecular formula is C26H31NO7. The lowest BCUT2D eigenvalue weighted by Gasteiger charge is -2.25. The summed E-state index contributed by atoms with van der Waals surface area (Å²) >= 11 is 0. The number of nitrogens with zero attached hydrogens (tertiary/aromatic N) is 1. The number of amides is 1. The highest BCUT2D eigenvalue weighted by Gasteiger charge is 2.46. The Kier molecular flexibility index (Phi) is 8.54. The molecule has 0 bridgehead atoms. The molecule has 1 saturated heterocycles. The summed E-state index contributed by atoms with van der Waals surface area (Å²) in [5.74, 6) is -1.09. The van der Waals surface area contributed by atoms with Gasteiger partial charge in [0.25, 0.3) is 11.7 Å². The molecule has 1 aliphatic rings. The number of carbonyl (C=O) groups is 2. The van der Waals surface area contributed by atoms with Gasteiger partial charge in [-0.2, -0.15) is 0 Å². The van der Waals surface area contributed by atoms with Crippen LogP contribution in [0.5, 0.6) is 17.2 Å². The molecule has 1 amide bonds. The molecule has 0 radical (unpaired) electrons. The first-order valence-electron chi connectivity index (χ1n) is 11.4. The van der Waals surface area contributed by atoms with Gasteiger partial charge in [-0.05, 0) is 43.2 Å². The predicted octanol–water partition coefficient (Wildman–Crippen LogP) is 4.04. The number of methoxy groups -OCH3 is 1. The zero-order chi connectivity index (χ0) is 24.7. The molecule has 0 spiro atoms. The first kappa shape index (κ1) is 25.1. The van der Waals surface area contributed by atoms with Gasteiger partial charge in [0.15, 0.2) is 11.5 Å². The number of hydrogen-bond donors (Lipinski definition) is 2. The topological polar surface area (TPSA) is 106 Å². The number of aliphatic hydroxyl groups excluding tert-OH is 1. The number of carbonyl (C=O) groups excluding carboxylic acids is 2. The van der Waals surface area contributed by atoms with Crippen molar-refractivity contribution in [1.29, 1.82) is 0 Å². The number of phenolic OH excluding ortho intramolecular Hbond substituents is 1. The second kappa shape index (κ2) is 11.6. The molecule has 2 aromatic rings. The maximum Gasteiger partial charge on any atom is 0.295 e. The fraction of sp³-hybridized carbons (Fsp3) is 0.385. The lowest BCUT2D eigenvalue weighted by Crippen LogP contribution is -2.32. The fourth-order valence-corrected chi connectivity index (χ4v) is 3.84. The maximum atomic E-state index is 13.1. The Morgan fingerprint density at radius 2 is 1.85 bits per heavy atom. The van der Waals surface area contributed by atoms with Crippen LogP contribution in [0.2, 0.25) is 0 Å². The summed E-state index contributed by atoms with van der Waals surface area (Å²) in [6.07, 6.45) is 1.88. The third kappa shape index (κ3) is 5.34. The highest BCUT2D eigenvalue weighted by Crippen LogP contribution is 2.42. The normalized spacial score (nSPS) is 17.3. The van der Waals surface area contributed by atoms with Crippen LogP contribution in [0, 0.1) is 0 Å². The van der Waals surface area contributed by atoms with E-state index in [1.54, 1.807) is 43.3 Å². The maximum absolute atomic E-state index is 13.1. The first-order chi connectivity index (χ1) is 16.4. The number of hydrogen-bond acceptors (Lipinski definition) is 7. The van der Waals surface area contributed by atoms with Crippen LogP contribution in [0.3, 0.4) is 0 Å². The smallest absolute Gasteiger partial charge is 0.295 e. The number of Topliss-reactive ketones (excluding diaryl/α,β-unsaturated/α-hetero) is 1. The van der Waals surface area contributed by atoms with E-state index < -0.39 is 17.7 Å². The monoisotopic (exact) mass is 469 g/mol. The molecule has 3 rings (SSSR count). The van der Waals surface area contributed by atoms with Crippen molar-refractivity contribution >= 4 is 17.4 Å². The van der Waals surface area contributed by atoms with Crippen LogP contribution in [-0.2, 0) is 14.3 Å². The van der Waals surface area contributed by atoms with Crippen molar-refractivity contribution in [3.05, 3.63) is 59.2 Å². The highest BCUT2D eigenvalue weighted by atomic mass is 16.5. The van der Waals surface area contributed by atoms with Gasteiger partial charge in [0.2, 0.25) is 0 Å². The van der Waals surface area contributed by atoms with E-state index in [1.807, 2.05) is 0 Å². The van der Waals surface area contributed by atoms with Gasteiger partial charge in [-0.3, -0.25) is 9.59 Å². The molecule has 182 valence electrons. The van der Waals surface area contributed by atoms with E-state index in [0.29, 0.717) is 30.1 Å². The SMILES string of the molecule is CCCCOc1cccc(/C(O)=C2\C(=O)C(=O)N(CCOC)C2c2ccc(O)c(OCC)c2)c1. The molecule has 1 aliphatic heterocycles. The Morgan fingerprint density at radius 1 is 1.06 bits per heavy atom. The zero-order valence-corrected chi connectivity index (χ0v) is 19.7. The van der Waals surface area contributed by atoms with Gasteiger partial charge in [0.1, 0.15) is 11.5 Å². The fourth-order valence-electron chi connectivity index (χ4n) is 3.84. The number of aliphatic hydroxyl groups is 1. The second-order valence-electron chi connectivity index (χ2n) is 7.88. The van der Waals surface area contributed by atoms with Crippen LogP contribution < -0.4 is 9.47 Å². The number of phenols is 1. The van der Waals surface area contributed by atoms with Crippen LogP contribution in [0.4, 0.5) is 0 Å². The van der Waals surface area contributed by atoms with E-state index in [-0.39, 0.29) is 36.0 Å². The van der Waals surface area contributed by atoms with E-state index in [9.17, 15) is 19.8 Å². The molecular weight excluding hydrogens is 438 g/mol. The third-order valence-electron chi connectivity index (χ3n) is 5.55. The van der Waals surface area contributed by atoms with Gasteiger partial charge in [-0.1, -0.05) is 31.5 Å². The van der Waals surface area contributed by atoms with Crippen molar-refractivity contribution in [1.82, 2.24) is 4.90 Å². The number of likely N-dealkylation sites (tertiary alicyclic amines) is 1. The molecule has 1 atom stereocenters. The van der Waals surface area contributed by atoms with E-state index in [1.165, 1.54) is 18.1 Å². The van der Waals surface area contributed by atoms with E-state index in [4.69, 9.17) is 14.2 Å². The van der Waals surface area contributed by atoms with Gasteiger partial charge < -0.3 is 29.3 Å².